The maximum atomic E-state index is 10.1. The number of rotatable bonds is 4. The molecular formula is C9H11N3O. The zero-order valence-electron chi connectivity index (χ0n) is 7.47. The van der Waals surface area contributed by atoms with Gasteiger partial charge in [-0.15, -0.1) is 0 Å². The highest BCUT2D eigenvalue weighted by Gasteiger charge is 2.01. The number of carbonyl (C=O) groups excluding carboxylic acids is 1. The van der Waals surface area contributed by atoms with Gasteiger partial charge in [0.05, 0.1) is 5.69 Å². The number of hydrogen-bond donors (Lipinski definition) is 0. The van der Waals surface area contributed by atoms with E-state index in [9.17, 15) is 4.79 Å². The number of hydrazone groups is 1. The van der Waals surface area contributed by atoms with Crippen LogP contribution in [0.4, 0.5) is 5.69 Å². The monoisotopic (exact) mass is 177 g/mol. The predicted molar refractivity (Wildman–Crippen MR) is 50.0 cm³/mol. The Kier molecular flexibility index (Phi) is 3.67. The molecule has 0 fully saturated rings. The third-order valence-electron chi connectivity index (χ3n) is 1.56. The molecule has 4 nitrogen and oxygen atoms in total. The topological polar surface area (TPSA) is 45.6 Å². The first-order valence-electron chi connectivity index (χ1n) is 4.14. The SMILES string of the molecule is CCCN(N=C=O)c1ccncc1. The van der Waals surface area contributed by atoms with Gasteiger partial charge in [0.1, 0.15) is 0 Å². The number of pyridine rings is 1. The Morgan fingerprint density at radius 1 is 1.54 bits per heavy atom. The molecule has 68 valence electrons. The first-order valence-corrected chi connectivity index (χ1v) is 4.14. The number of nitrogens with zero attached hydrogens (tertiary/aromatic N) is 3. The second-order valence-electron chi connectivity index (χ2n) is 2.52. The molecule has 1 rings (SSSR count). The summed E-state index contributed by atoms with van der Waals surface area (Å²) in [7, 11) is 0. The summed E-state index contributed by atoms with van der Waals surface area (Å²) in [5, 5.41) is 5.19. The van der Waals surface area contributed by atoms with Crippen LogP contribution in [0.5, 0.6) is 0 Å². The van der Waals surface area contributed by atoms with Crippen molar-refractivity contribution < 1.29 is 4.79 Å². The van der Waals surface area contributed by atoms with Gasteiger partial charge in [-0.1, -0.05) is 12.0 Å². The number of aromatic nitrogens is 1. The van der Waals surface area contributed by atoms with Crippen molar-refractivity contribution in [3.05, 3.63) is 24.5 Å². The van der Waals surface area contributed by atoms with Crippen molar-refractivity contribution in [2.45, 2.75) is 13.3 Å². The number of anilines is 1. The summed E-state index contributed by atoms with van der Waals surface area (Å²) in [6, 6.07) is 3.60. The lowest BCUT2D eigenvalue weighted by molar-refractivity contribution is 0.561. The van der Waals surface area contributed by atoms with Crippen molar-refractivity contribution in [3.8, 4) is 0 Å². The van der Waals surface area contributed by atoms with Crippen LogP contribution >= 0.6 is 0 Å². The van der Waals surface area contributed by atoms with E-state index >= 15 is 0 Å². The van der Waals surface area contributed by atoms with Crippen LogP contribution in [0.2, 0.25) is 0 Å². The van der Waals surface area contributed by atoms with E-state index in [4.69, 9.17) is 0 Å². The minimum absolute atomic E-state index is 0.708. The van der Waals surface area contributed by atoms with E-state index in [0.29, 0.717) is 6.54 Å². The fourth-order valence-electron chi connectivity index (χ4n) is 1.01. The summed E-state index contributed by atoms with van der Waals surface area (Å²) < 4.78 is 0. The second-order valence-corrected chi connectivity index (χ2v) is 2.52. The molecule has 0 bridgehead atoms. The van der Waals surface area contributed by atoms with E-state index in [1.54, 1.807) is 29.5 Å². The van der Waals surface area contributed by atoms with E-state index in [1.807, 2.05) is 6.92 Å². The molecule has 1 heterocycles. The van der Waals surface area contributed by atoms with Crippen LogP contribution in [-0.2, 0) is 4.79 Å². The van der Waals surface area contributed by atoms with Crippen LogP contribution in [0, 0.1) is 0 Å². The molecule has 0 saturated heterocycles. The molecule has 0 radical (unpaired) electrons. The first kappa shape index (κ1) is 9.42. The van der Waals surface area contributed by atoms with Crippen LogP contribution in [-0.4, -0.2) is 17.6 Å². The highest BCUT2D eigenvalue weighted by molar-refractivity contribution is 5.47. The molecule has 1 aromatic heterocycles. The van der Waals surface area contributed by atoms with Crippen molar-refractivity contribution in [1.29, 1.82) is 0 Å². The highest BCUT2D eigenvalue weighted by atomic mass is 16.1. The van der Waals surface area contributed by atoms with Gasteiger partial charge < -0.3 is 0 Å². The molecule has 13 heavy (non-hydrogen) atoms. The van der Waals surface area contributed by atoms with Gasteiger partial charge in [0.15, 0.2) is 0 Å². The fourth-order valence-corrected chi connectivity index (χ4v) is 1.01. The maximum Gasteiger partial charge on any atom is 0.258 e. The third-order valence-corrected chi connectivity index (χ3v) is 1.56. The van der Waals surface area contributed by atoms with Gasteiger partial charge >= 0.3 is 0 Å². The summed E-state index contributed by atoms with van der Waals surface area (Å²) >= 11 is 0. The molecule has 0 spiro atoms. The Bertz CT molecular complexity index is 293. The van der Waals surface area contributed by atoms with Gasteiger partial charge in [0.2, 0.25) is 0 Å². The first-order chi connectivity index (χ1) is 6.38. The zero-order chi connectivity index (χ0) is 9.52. The summed E-state index contributed by atoms with van der Waals surface area (Å²) in [5.74, 6) is 0. The van der Waals surface area contributed by atoms with Gasteiger partial charge in [0, 0.05) is 18.9 Å². The molecule has 0 aliphatic carbocycles. The highest BCUT2D eigenvalue weighted by Crippen LogP contribution is 2.11. The molecule has 0 aliphatic rings. The second kappa shape index (κ2) is 5.06. The van der Waals surface area contributed by atoms with Crippen molar-refractivity contribution >= 4 is 11.8 Å². The molecule has 4 heteroatoms. The molecule has 0 saturated carbocycles. The van der Waals surface area contributed by atoms with Crippen LogP contribution in [0.15, 0.2) is 29.6 Å². The standard InChI is InChI=1S/C9H11N3O/c1-2-7-12(11-8-13)9-3-5-10-6-4-9/h3-6H,2,7H2,1H3. The predicted octanol–water partition coefficient (Wildman–Crippen LogP) is 1.55. The summed E-state index contributed by atoms with van der Waals surface area (Å²) in [6.45, 7) is 2.73. The maximum absolute atomic E-state index is 10.1. The number of hydrogen-bond acceptors (Lipinski definition) is 4. The lowest BCUT2D eigenvalue weighted by Crippen LogP contribution is -2.16. The lowest BCUT2D eigenvalue weighted by atomic mass is 10.3. The van der Waals surface area contributed by atoms with Gasteiger partial charge in [-0.2, -0.15) is 0 Å². The Morgan fingerprint density at radius 3 is 2.77 bits per heavy atom. The molecule has 0 unspecified atom stereocenters. The van der Waals surface area contributed by atoms with E-state index in [0.717, 1.165) is 12.1 Å². The quantitative estimate of drug-likeness (QED) is 0.398. The Morgan fingerprint density at radius 2 is 2.23 bits per heavy atom. The Hall–Kier alpha value is -1.67. The summed E-state index contributed by atoms with van der Waals surface area (Å²) in [4.78, 5) is 14.0. The molecule has 0 amide bonds. The average molecular weight is 177 g/mol. The zero-order valence-corrected chi connectivity index (χ0v) is 7.47. The Balaban J connectivity index is 2.81. The van der Waals surface area contributed by atoms with Crippen molar-refractivity contribution in [2.75, 3.05) is 11.6 Å². The number of isocyanates is 1. The van der Waals surface area contributed by atoms with E-state index < -0.39 is 0 Å². The largest absolute Gasteiger partial charge is 0.265 e. The van der Waals surface area contributed by atoms with E-state index in [2.05, 4.69) is 10.1 Å². The summed E-state index contributed by atoms with van der Waals surface area (Å²) in [6.07, 6.45) is 5.79. The van der Waals surface area contributed by atoms with Gasteiger partial charge in [0.25, 0.3) is 6.08 Å². The normalized spacial score (nSPS) is 9.00. The van der Waals surface area contributed by atoms with Crippen LogP contribution in [0.25, 0.3) is 0 Å². The fraction of sp³-hybridized carbons (Fsp3) is 0.333. The molecule has 0 atom stereocenters. The van der Waals surface area contributed by atoms with Crippen LogP contribution in [0.3, 0.4) is 0 Å². The van der Waals surface area contributed by atoms with Crippen LogP contribution in [0.1, 0.15) is 13.3 Å². The van der Waals surface area contributed by atoms with E-state index in [-0.39, 0.29) is 0 Å². The van der Waals surface area contributed by atoms with Crippen molar-refractivity contribution in [3.63, 3.8) is 0 Å². The molecule has 0 N–H and O–H groups in total. The minimum Gasteiger partial charge on any atom is -0.265 e. The third kappa shape index (κ3) is 2.69. The average Bonchev–Trinajstić information content (AvgIpc) is 2.19. The minimum atomic E-state index is 0.708. The lowest BCUT2D eigenvalue weighted by Gasteiger charge is -2.14. The van der Waals surface area contributed by atoms with Crippen molar-refractivity contribution in [1.82, 2.24) is 4.98 Å². The Labute approximate surface area is 76.9 Å². The van der Waals surface area contributed by atoms with Gasteiger partial charge in [-0.3, -0.25) is 9.99 Å². The van der Waals surface area contributed by atoms with Crippen molar-refractivity contribution in [2.24, 2.45) is 5.10 Å². The molecule has 0 aliphatic heterocycles. The smallest absolute Gasteiger partial charge is 0.258 e. The van der Waals surface area contributed by atoms with Gasteiger partial charge in [-0.05, 0) is 18.6 Å². The summed E-state index contributed by atoms with van der Waals surface area (Å²) in [5.41, 5.74) is 0.861. The van der Waals surface area contributed by atoms with E-state index in [1.165, 1.54) is 6.08 Å². The van der Waals surface area contributed by atoms with Gasteiger partial charge in [-0.25, -0.2) is 4.79 Å². The van der Waals surface area contributed by atoms with Crippen LogP contribution < -0.4 is 5.01 Å². The molecule has 0 aromatic carbocycles. The molecular weight excluding hydrogens is 166 g/mol. The molecule has 1 aromatic rings.